The van der Waals surface area contributed by atoms with E-state index in [0.717, 1.165) is 6.07 Å². The van der Waals surface area contributed by atoms with Gasteiger partial charge in [-0.2, -0.15) is 0 Å². The van der Waals surface area contributed by atoms with E-state index >= 15 is 0 Å². The Labute approximate surface area is 126 Å². The van der Waals surface area contributed by atoms with Crippen LogP contribution in [-0.4, -0.2) is 28.2 Å². The van der Waals surface area contributed by atoms with Crippen LogP contribution < -0.4 is 4.74 Å². The summed E-state index contributed by atoms with van der Waals surface area (Å²) in [4.78, 5) is 12.4. The summed E-state index contributed by atoms with van der Waals surface area (Å²) in [5, 5.41) is 28.8. The standard InChI is InChI=1S/C16H14O6/c1-21-16(9-2-4-10(17)5-3-9)8-13(20)15-12(19)6-11(18)7-14(15)22-16/h2-7,17-19H,8H2,1H3. The molecule has 1 atom stereocenters. The van der Waals surface area contributed by atoms with E-state index in [9.17, 15) is 20.1 Å². The number of fused-ring (bicyclic) bond motifs is 1. The summed E-state index contributed by atoms with van der Waals surface area (Å²) >= 11 is 0. The fraction of sp³-hybridized carbons (Fsp3) is 0.188. The molecular formula is C16H14O6. The third-order valence-electron chi connectivity index (χ3n) is 3.65. The summed E-state index contributed by atoms with van der Waals surface area (Å²) in [5.41, 5.74) is 0.555. The second-order valence-electron chi connectivity index (χ2n) is 5.04. The van der Waals surface area contributed by atoms with Crippen molar-refractivity contribution in [3.63, 3.8) is 0 Å². The van der Waals surface area contributed by atoms with E-state index in [1.807, 2.05) is 0 Å². The van der Waals surface area contributed by atoms with Gasteiger partial charge < -0.3 is 24.8 Å². The van der Waals surface area contributed by atoms with E-state index in [1.54, 1.807) is 12.1 Å². The van der Waals surface area contributed by atoms with Crippen LogP contribution in [0.2, 0.25) is 0 Å². The highest BCUT2D eigenvalue weighted by Crippen LogP contribution is 2.45. The highest BCUT2D eigenvalue weighted by molar-refractivity contribution is 6.03. The third-order valence-corrected chi connectivity index (χ3v) is 3.65. The lowest BCUT2D eigenvalue weighted by Crippen LogP contribution is -2.41. The number of aromatic hydroxyl groups is 3. The monoisotopic (exact) mass is 302 g/mol. The summed E-state index contributed by atoms with van der Waals surface area (Å²) < 4.78 is 11.2. The Balaban J connectivity index is 2.12. The lowest BCUT2D eigenvalue weighted by molar-refractivity contribution is -0.173. The number of hydrogen-bond acceptors (Lipinski definition) is 6. The van der Waals surface area contributed by atoms with Gasteiger partial charge in [0, 0.05) is 24.8 Å². The minimum absolute atomic E-state index is 0.0178. The fourth-order valence-electron chi connectivity index (χ4n) is 2.57. The van der Waals surface area contributed by atoms with Crippen LogP contribution in [0.15, 0.2) is 36.4 Å². The molecule has 0 amide bonds. The molecule has 22 heavy (non-hydrogen) atoms. The molecule has 6 heteroatoms. The normalized spacial score (nSPS) is 20.3. The summed E-state index contributed by atoms with van der Waals surface area (Å²) in [6.45, 7) is 0. The van der Waals surface area contributed by atoms with Crippen LogP contribution in [0.4, 0.5) is 0 Å². The van der Waals surface area contributed by atoms with Crippen molar-refractivity contribution < 1.29 is 29.6 Å². The zero-order chi connectivity index (χ0) is 15.9. The first-order chi connectivity index (χ1) is 10.4. The van der Waals surface area contributed by atoms with Gasteiger partial charge in [0.1, 0.15) is 28.6 Å². The number of methoxy groups -OCH3 is 1. The van der Waals surface area contributed by atoms with Gasteiger partial charge >= 0.3 is 0 Å². The fourth-order valence-corrected chi connectivity index (χ4v) is 2.57. The number of hydrogen-bond donors (Lipinski definition) is 3. The Hall–Kier alpha value is -2.73. The zero-order valence-corrected chi connectivity index (χ0v) is 11.7. The second kappa shape index (κ2) is 4.92. The van der Waals surface area contributed by atoms with Gasteiger partial charge in [0.15, 0.2) is 5.78 Å². The predicted octanol–water partition coefficient (Wildman–Crippen LogP) is 2.27. The van der Waals surface area contributed by atoms with Crippen molar-refractivity contribution in [2.24, 2.45) is 0 Å². The van der Waals surface area contributed by atoms with Gasteiger partial charge in [-0.1, -0.05) is 0 Å². The number of rotatable bonds is 2. The van der Waals surface area contributed by atoms with Gasteiger partial charge in [0.2, 0.25) is 5.79 Å². The quantitative estimate of drug-likeness (QED) is 0.787. The average molecular weight is 302 g/mol. The molecule has 0 fully saturated rings. The molecule has 0 saturated carbocycles. The molecule has 2 aromatic rings. The van der Waals surface area contributed by atoms with Crippen molar-refractivity contribution in [1.82, 2.24) is 0 Å². The number of ketones is 1. The van der Waals surface area contributed by atoms with Gasteiger partial charge in [-0.3, -0.25) is 4.79 Å². The Morgan fingerprint density at radius 2 is 1.77 bits per heavy atom. The van der Waals surface area contributed by atoms with E-state index < -0.39 is 5.79 Å². The summed E-state index contributed by atoms with van der Waals surface area (Å²) in [6.07, 6.45) is -0.139. The van der Waals surface area contributed by atoms with Crippen molar-refractivity contribution >= 4 is 5.78 Å². The first-order valence-electron chi connectivity index (χ1n) is 6.58. The van der Waals surface area contributed by atoms with E-state index in [2.05, 4.69) is 0 Å². The first-order valence-corrected chi connectivity index (χ1v) is 6.58. The van der Waals surface area contributed by atoms with Crippen LogP contribution in [0.25, 0.3) is 0 Å². The highest BCUT2D eigenvalue weighted by atomic mass is 16.7. The van der Waals surface area contributed by atoms with Crippen LogP contribution in [0.5, 0.6) is 23.0 Å². The van der Waals surface area contributed by atoms with Gasteiger partial charge in [0.05, 0.1) is 6.42 Å². The molecule has 0 bridgehead atoms. The maximum Gasteiger partial charge on any atom is 0.244 e. The first kappa shape index (κ1) is 14.2. The number of benzene rings is 2. The van der Waals surface area contributed by atoms with Crippen LogP contribution in [-0.2, 0) is 10.5 Å². The largest absolute Gasteiger partial charge is 0.508 e. The number of phenols is 3. The van der Waals surface area contributed by atoms with Crippen LogP contribution in [0.3, 0.4) is 0 Å². The smallest absolute Gasteiger partial charge is 0.244 e. The van der Waals surface area contributed by atoms with Gasteiger partial charge in [0.25, 0.3) is 0 Å². The Morgan fingerprint density at radius 1 is 1.09 bits per heavy atom. The topological polar surface area (TPSA) is 96.2 Å². The van der Waals surface area contributed by atoms with Crippen molar-refractivity contribution in [1.29, 1.82) is 0 Å². The number of Topliss-reactive ketones (excluding diaryl/α,β-unsaturated/α-hetero) is 1. The van der Waals surface area contributed by atoms with Crippen molar-refractivity contribution in [2.75, 3.05) is 7.11 Å². The Bertz CT molecular complexity index is 737. The van der Waals surface area contributed by atoms with E-state index in [4.69, 9.17) is 9.47 Å². The molecule has 0 aliphatic carbocycles. The lowest BCUT2D eigenvalue weighted by Gasteiger charge is -2.36. The molecule has 1 unspecified atom stereocenters. The molecule has 0 spiro atoms. The number of phenolic OH excluding ortho intramolecular Hbond substituents is 3. The molecule has 1 aliphatic heterocycles. The maximum atomic E-state index is 12.4. The van der Waals surface area contributed by atoms with Crippen LogP contribution >= 0.6 is 0 Å². The highest BCUT2D eigenvalue weighted by Gasteiger charge is 2.44. The molecule has 1 aliphatic rings. The summed E-state index contributed by atoms with van der Waals surface area (Å²) in [7, 11) is 1.40. The van der Waals surface area contributed by atoms with E-state index in [-0.39, 0.29) is 40.8 Å². The molecule has 2 aromatic carbocycles. The van der Waals surface area contributed by atoms with Gasteiger partial charge in [-0.25, -0.2) is 0 Å². The van der Waals surface area contributed by atoms with Gasteiger partial charge in [-0.15, -0.1) is 0 Å². The van der Waals surface area contributed by atoms with E-state index in [1.165, 1.54) is 25.3 Å². The lowest BCUT2D eigenvalue weighted by atomic mass is 9.92. The minimum Gasteiger partial charge on any atom is -0.508 e. The third kappa shape index (κ3) is 2.14. The number of carbonyl (C=O) groups excluding carboxylic acids is 1. The number of ether oxygens (including phenoxy) is 2. The molecule has 0 aromatic heterocycles. The predicted molar refractivity (Wildman–Crippen MR) is 76.1 cm³/mol. The molecule has 1 heterocycles. The van der Waals surface area contributed by atoms with Crippen molar-refractivity contribution in [3.05, 3.63) is 47.5 Å². The minimum atomic E-state index is -1.38. The molecule has 0 radical (unpaired) electrons. The zero-order valence-electron chi connectivity index (χ0n) is 11.7. The Morgan fingerprint density at radius 3 is 2.41 bits per heavy atom. The van der Waals surface area contributed by atoms with Crippen LogP contribution in [0, 0.1) is 0 Å². The molecule has 6 nitrogen and oxygen atoms in total. The maximum absolute atomic E-state index is 12.4. The Kier molecular flexibility index (Phi) is 3.18. The molecular weight excluding hydrogens is 288 g/mol. The van der Waals surface area contributed by atoms with Gasteiger partial charge in [-0.05, 0) is 24.3 Å². The number of carbonyl (C=O) groups is 1. The molecule has 114 valence electrons. The van der Waals surface area contributed by atoms with E-state index in [0.29, 0.717) is 5.56 Å². The summed E-state index contributed by atoms with van der Waals surface area (Å²) in [5.74, 6) is -2.18. The van der Waals surface area contributed by atoms with Crippen molar-refractivity contribution in [2.45, 2.75) is 12.2 Å². The van der Waals surface area contributed by atoms with Crippen LogP contribution in [0.1, 0.15) is 22.3 Å². The molecule has 3 N–H and O–H groups in total. The molecule has 3 rings (SSSR count). The molecule has 0 saturated heterocycles. The second-order valence-corrected chi connectivity index (χ2v) is 5.04. The van der Waals surface area contributed by atoms with Crippen molar-refractivity contribution in [3.8, 4) is 23.0 Å². The SMILES string of the molecule is COC1(c2ccc(O)cc2)CC(=O)c2c(O)cc(O)cc2O1. The summed E-state index contributed by atoms with van der Waals surface area (Å²) in [6, 6.07) is 8.42. The average Bonchev–Trinajstić information content (AvgIpc) is 2.46.